The molecule has 1 aromatic heterocycles. The van der Waals surface area contributed by atoms with Crippen LogP contribution in [-0.4, -0.2) is 53.7 Å². The number of nitrogens with zero attached hydrogens (tertiary/aromatic N) is 2. The van der Waals surface area contributed by atoms with E-state index in [9.17, 15) is 9.59 Å². The van der Waals surface area contributed by atoms with Crippen LogP contribution in [0.2, 0.25) is 0 Å². The van der Waals surface area contributed by atoms with Gasteiger partial charge in [-0.2, -0.15) is 5.10 Å². The Labute approximate surface area is 169 Å². The third-order valence-corrected chi connectivity index (χ3v) is 5.36. The number of aromatic amines is 1. The molecule has 1 atom stereocenters. The van der Waals surface area contributed by atoms with Crippen molar-refractivity contribution < 1.29 is 14.3 Å². The zero-order valence-electron chi connectivity index (χ0n) is 16.4. The predicted molar refractivity (Wildman–Crippen MR) is 111 cm³/mol. The number of H-pyrrole nitrogens is 1. The van der Waals surface area contributed by atoms with Crippen molar-refractivity contribution in [3.63, 3.8) is 0 Å². The van der Waals surface area contributed by atoms with Crippen molar-refractivity contribution in [3.8, 4) is 0 Å². The summed E-state index contributed by atoms with van der Waals surface area (Å²) in [7, 11) is 1.48. The fourth-order valence-electron chi connectivity index (χ4n) is 4.00. The van der Waals surface area contributed by atoms with E-state index in [4.69, 9.17) is 4.74 Å². The number of piperidine rings is 1. The van der Waals surface area contributed by atoms with Crippen LogP contribution in [0.25, 0.3) is 10.8 Å². The highest BCUT2D eigenvalue weighted by atomic mass is 16.5. The molecule has 2 amide bonds. The molecule has 1 aliphatic heterocycles. The molecule has 0 saturated carbocycles. The van der Waals surface area contributed by atoms with Gasteiger partial charge in [-0.1, -0.05) is 36.4 Å². The van der Waals surface area contributed by atoms with Gasteiger partial charge >= 0.3 is 0 Å². The first-order chi connectivity index (χ1) is 14.2. The summed E-state index contributed by atoms with van der Waals surface area (Å²) in [4.78, 5) is 27.1. The molecule has 0 aliphatic carbocycles. The van der Waals surface area contributed by atoms with Gasteiger partial charge in [-0.25, -0.2) is 0 Å². The van der Waals surface area contributed by atoms with Crippen LogP contribution < -0.4 is 5.32 Å². The van der Waals surface area contributed by atoms with Crippen LogP contribution in [0.4, 0.5) is 5.69 Å². The normalized spacial score (nSPS) is 16.7. The highest BCUT2D eigenvalue weighted by Gasteiger charge is 2.29. The summed E-state index contributed by atoms with van der Waals surface area (Å²) >= 11 is 0. The van der Waals surface area contributed by atoms with Gasteiger partial charge in [-0.15, -0.1) is 0 Å². The molecule has 2 heterocycles. The largest absolute Gasteiger partial charge is 0.375 e. The number of ether oxygens (including phenoxy) is 1. The van der Waals surface area contributed by atoms with Crippen LogP contribution in [0.1, 0.15) is 34.8 Å². The number of hydrogen-bond donors (Lipinski definition) is 2. The number of methoxy groups -OCH3 is 1. The lowest BCUT2D eigenvalue weighted by Crippen LogP contribution is -2.39. The lowest BCUT2D eigenvalue weighted by Gasteiger charge is -2.33. The molecule has 150 valence electrons. The van der Waals surface area contributed by atoms with Crippen LogP contribution >= 0.6 is 0 Å². The Morgan fingerprint density at radius 1 is 1.24 bits per heavy atom. The molecule has 1 aliphatic rings. The zero-order valence-corrected chi connectivity index (χ0v) is 16.4. The van der Waals surface area contributed by atoms with E-state index in [0.717, 1.165) is 41.4 Å². The fraction of sp³-hybridized carbons (Fsp3) is 0.318. The summed E-state index contributed by atoms with van der Waals surface area (Å²) < 4.78 is 4.87. The molecule has 2 aromatic carbocycles. The van der Waals surface area contributed by atoms with E-state index in [2.05, 4.69) is 15.5 Å². The average molecular weight is 392 g/mol. The second-order valence-electron chi connectivity index (χ2n) is 7.30. The Balaban J connectivity index is 1.54. The number of amides is 2. The first kappa shape index (κ1) is 19.1. The highest BCUT2D eigenvalue weighted by Crippen LogP contribution is 2.31. The van der Waals surface area contributed by atoms with Crippen LogP contribution in [0.15, 0.2) is 48.7 Å². The summed E-state index contributed by atoms with van der Waals surface area (Å²) in [6.45, 7) is 1.29. The Morgan fingerprint density at radius 3 is 2.93 bits per heavy atom. The summed E-state index contributed by atoms with van der Waals surface area (Å²) in [5.74, 6) is -0.103. The lowest BCUT2D eigenvalue weighted by molar-refractivity contribution is -0.119. The summed E-state index contributed by atoms with van der Waals surface area (Å²) in [6.07, 6.45) is 3.43. The Bertz CT molecular complexity index is 1020. The van der Waals surface area contributed by atoms with Crippen molar-refractivity contribution in [1.82, 2.24) is 15.1 Å². The minimum absolute atomic E-state index is 0.0129. The fourth-order valence-corrected chi connectivity index (χ4v) is 4.00. The maximum absolute atomic E-state index is 13.3. The van der Waals surface area contributed by atoms with Gasteiger partial charge in [0.15, 0.2) is 0 Å². The molecule has 29 heavy (non-hydrogen) atoms. The van der Waals surface area contributed by atoms with Crippen molar-refractivity contribution in [1.29, 1.82) is 0 Å². The number of fused-ring (bicyclic) bond motifs is 1. The second-order valence-corrected chi connectivity index (χ2v) is 7.30. The average Bonchev–Trinajstić information content (AvgIpc) is 3.21. The molecule has 7 nitrogen and oxygen atoms in total. The maximum atomic E-state index is 13.3. The molecule has 0 spiro atoms. The number of hydrogen-bond acceptors (Lipinski definition) is 4. The van der Waals surface area contributed by atoms with Crippen LogP contribution in [0, 0.1) is 0 Å². The third kappa shape index (κ3) is 4.00. The Morgan fingerprint density at radius 2 is 2.07 bits per heavy atom. The number of nitrogens with one attached hydrogen (secondary N) is 2. The van der Waals surface area contributed by atoms with Crippen molar-refractivity contribution in [2.75, 3.05) is 32.1 Å². The SMILES string of the molecule is COCC(=O)Nc1cn[nH]c1C1CCCN(C(=O)c2cccc3ccccc23)C1. The number of carbonyl (C=O) groups excluding carboxylic acids is 2. The van der Waals surface area contributed by atoms with Gasteiger partial charge in [-0.3, -0.25) is 14.7 Å². The van der Waals surface area contributed by atoms with Crippen LogP contribution in [0.3, 0.4) is 0 Å². The molecule has 3 aromatic rings. The molecule has 2 N–H and O–H groups in total. The molecular weight excluding hydrogens is 368 g/mol. The van der Waals surface area contributed by atoms with E-state index in [1.165, 1.54) is 7.11 Å². The summed E-state index contributed by atoms with van der Waals surface area (Å²) in [5.41, 5.74) is 2.23. The van der Waals surface area contributed by atoms with Crippen LogP contribution in [0.5, 0.6) is 0 Å². The molecular formula is C22H24N4O3. The molecule has 4 rings (SSSR count). The van der Waals surface area contributed by atoms with Gasteiger partial charge in [-0.05, 0) is 29.7 Å². The van der Waals surface area contributed by atoms with Crippen molar-refractivity contribution >= 4 is 28.3 Å². The first-order valence-corrected chi connectivity index (χ1v) is 9.76. The second kappa shape index (κ2) is 8.45. The van der Waals surface area contributed by atoms with Gasteiger partial charge in [0.05, 0.1) is 17.6 Å². The van der Waals surface area contributed by atoms with E-state index in [0.29, 0.717) is 12.2 Å². The smallest absolute Gasteiger partial charge is 0.254 e. The third-order valence-electron chi connectivity index (χ3n) is 5.36. The Hall–Kier alpha value is -3.19. The van der Waals surface area contributed by atoms with E-state index in [1.54, 1.807) is 6.20 Å². The summed E-state index contributed by atoms with van der Waals surface area (Å²) in [5, 5.41) is 12.0. The van der Waals surface area contributed by atoms with Gasteiger partial charge in [0.1, 0.15) is 6.61 Å². The predicted octanol–water partition coefficient (Wildman–Crippen LogP) is 3.17. The van der Waals surface area contributed by atoms with Crippen LogP contribution in [-0.2, 0) is 9.53 Å². The minimum Gasteiger partial charge on any atom is -0.375 e. The quantitative estimate of drug-likeness (QED) is 0.698. The molecule has 1 fully saturated rings. The van der Waals surface area contributed by atoms with E-state index < -0.39 is 0 Å². The molecule has 7 heteroatoms. The van der Waals surface area contributed by atoms with Gasteiger partial charge < -0.3 is 15.0 Å². The topological polar surface area (TPSA) is 87.3 Å². The van der Waals surface area contributed by atoms with Crippen molar-refractivity contribution in [2.45, 2.75) is 18.8 Å². The van der Waals surface area contributed by atoms with E-state index in [-0.39, 0.29) is 24.3 Å². The first-order valence-electron chi connectivity index (χ1n) is 9.76. The molecule has 1 unspecified atom stereocenters. The van der Waals surface area contributed by atoms with Crippen molar-refractivity contribution in [3.05, 3.63) is 59.9 Å². The maximum Gasteiger partial charge on any atom is 0.254 e. The number of carbonyl (C=O) groups is 2. The van der Waals surface area contributed by atoms with Crippen molar-refractivity contribution in [2.24, 2.45) is 0 Å². The van der Waals surface area contributed by atoms with E-state index in [1.807, 2.05) is 47.4 Å². The molecule has 1 saturated heterocycles. The summed E-state index contributed by atoms with van der Waals surface area (Å²) in [6, 6.07) is 13.8. The highest BCUT2D eigenvalue weighted by molar-refractivity contribution is 6.07. The molecule has 0 bridgehead atoms. The van der Waals surface area contributed by atoms with Gasteiger partial charge in [0.25, 0.3) is 5.91 Å². The molecule has 0 radical (unpaired) electrons. The minimum atomic E-state index is -0.227. The number of benzene rings is 2. The zero-order chi connectivity index (χ0) is 20.2. The monoisotopic (exact) mass is 392 g/mol. The Kier molecular flexibility index (Phi) is 5.57. The standard InChI is InChI=1S/C22H24N4O3/c1-29-14-20(27)24-19-12-23-25-21(19)16-8-5-11-26(13-16)22(28)18-10-4-7-15-6-2-3-9-17(15)18/h2-4,6-7,9-10,12,16H,5,8,11,13-14H2,1H3,(H,23,25)(H,24,27). The number of anilines is 1. The van der Waals surface area contributed by atoms with Gasteiger partial charge in [0, 0.05) is 31.7 Å². The number of rotatable bonds is 5. The van der Waals surface area contributed by atoms with E-state index >= 15 is 0 Å². The van der Waals surface area contributed by atoms with Gasteiger partial charge in [0.2, 0.25) is 5.91 Å². The number of likely N-dealkylation sites (tertiary alicyclic amines) is 1. The lowest BCUT2D eigenvalue weighted by atomic mass is 9.93. The number of aromatic nitrogens is 2.